The molecule has 0 spiro atoms. The van der Waals surface area contributed by atoms with E-state index in [2.05, 4.69) is 37.2 Å². The molecular formula is C62H78FN9O16. The number of hydrogen-bond acceptors (Lipinski definition) is 14. The second kappa shape index (κ2) is 31.2. The number of carboxylic acid groups (broad SMARTS) is 3. The molecule has 2 aromatic heterocycles. The minimum atomic E-state index is -2.07. The van der Waals surface area contributed by atoms with Crippen LogP contribution in [0.3, 0.4) is 0 Å². The number of nitrogens with zero attached hydrogens (tertiary/aromatic N) is 2. The molecule has 2 aromatic carbocycles. The fourth-order valence-electron chi connectivity index (χ4n) is 11.6. The summed E-state index contributed by atoms with van der Waals surface area (Å²) >= 11 is 0. The number of nitrogens with one attached hydrogen (secondary N) is 7. The Morgan fingerprint density at radius 3 is 1.94 bits per heavy atom. The Bertz CT molecular complexity index is 3360. The first-order valence-electron chi connectivity index (χ1n) is 30.1. The molecule has 3 aliphatic rings. The fourth-order valence-corrected chi connectivity index (χ4v) is 11.6. The fraction of sp³-hybridized carbons (Fsp3) is 0.516. The largest absolute Gasteiger partial charge is 0.481 e. The van der Waals surface area contributed by atoms with Gasteiger partial charge in [-0.1, -0.05) is 108 Å². The van der Waals surface area contributed by atoms with Crippen LogP contribution in [0.2, 0.25) is 0 Å². The quantitative estimate of drug-likeness (QED) is 0.0203. The maximum Gasteiger partial charge on any atom is 0.343 e. The summed E-state index contributed by atoms with van der Waals surface area (Å²) in [4.78, 5) is 144. The summed E-state index contributed by atoms with van der Waals surface area (Å²) < 4.78 is 22.2. The van der Waals surface area contributed by atoms with Crippen LogP contribution in [-0.2, 0) is 79.5 Å². The number of aryl methyl sites for hydroxylation is 1. The number of unbranched alkanes of at least 4 members (excludes halogenated alkanes) is 11. The third-order valence-electron chi connectivity index (χ3n) is 16.5. The first-order valence-corrected chi connectivity index (χ1v) is 30.1. The molecular weight excluding hydrogens is 1150 g/mol. The summed E-state index contributed by atoms with van der Waals surface area (Å²) in [6, 6.07) is 6.19. The van der Waals surface area contributed by atoms with Crippen LogP contribution >= 0.6 is 0 Å². The number of ether oxygens (including phenoxy) is 1. The number of fused-ring (bicyclic) bond motifs is 5. The zero-order valence-corrected chi connectivity index (χ0v) is 49.5. The highest BCUT2D eigenvalue weighted by Gasteiger charge is 2.46. The van der Waals surface area contributed by atoms with E-state index in [1.807, 2.05) is 0 Å². The smallest absolute Gasteiger partial charge is 0.343 e. The number of cyclic esters (lactones) is 1. The Morgan fingerprint density at radius 2 is 1.31 bits per heavy atom. The summed E-state index contributed by atoms with van der Waals surface area (Å²) in [5.74, 6) is -8.16. The van der Waals surface area contributed by atoms with Crippen molar-refractivity contribution in [3.63, 3.8) is 0 Å². The van der Waals surface area contributed by atoms with E-state index in [4.69, 9.17) is 14.8 Å². The van der Waals surface area contributed by atoms with Crippen molar-refractivity contribution < 1.29 is 77.5 Å². The van der Waals surface area contributed by atoms with Crippen LogP contribution in [-0.4, -0.2) is 127 Å². The predicted octanol–water partition coefficient (Wildman–Crippen LogP) is 4.24. The lowest BCUT2D eigenvalue weighted by Crippen LogP contribution is -2.52. The molecule has 26 heteroatoms. The second-order valence-electron chi connectivity index (χ2n) is 22.7. The highest BCUT2D eigenvalue weighted by Crippen LogP contribution is 2.46. The van der Waals surface area contributed by atoms with Crippen LogP contribution in [0, 0.1) is 12.7 Å². The number of benzene rings is 2. The number of urea groups is 1. The summed E-state index contributed by atoms with van der Waals surface area (Å²) in [5.41, 5.74) is 1.70. The molecule has 0 radical (unpaired) electrons. The Kier molecular flexibility index (Phi) is 23.7. The van der Waals surface area contributed by atoms with Crippen LogP contribution in [0.25, 0.3) is 22.3 Å². The van der Waals surface area contributed by atoms with E-state index in [0.29, 0.717) is 75.8 Å². The van der Waals surface area contributed by atoms with Crippen LogP contribution in [0.1, 0.15) is 167 Å². The summed E-state index contributed by atoms with van der Waals surface area (Å²) in [6.45, 7) is 1.59. The maximum absolute atomic E-state index is 15.5. The number of carbonyl (C=O) groups excluding carboxylic acids is 7. The van der Waals surface area contributed by atoms with Gasteiger partial charge in [0.25, 0.3) is 5.56 Å². The topological polar surface area (TPSA) is 380 Å². The molecule has 7 rings (SSSR count). The Balaban J connectivity index is 0.795. The first-order chi connectivity index (χ1) is 42.1. The van der Waals surface area contributed by atoms with E-state index >= 15 is 4.39 Å². The lowest BCUT2D eigenvalue weighted by Gasteiger charge is -2.31. The van der Waals surface area contributed by atoms with Crippen molar-refractivity contribution in [3.8, 4) is 11.4 Å². The minimum Gasteiger partial charge on any atom is -0.481 e. The Morgan fingerprint density at radius 1 is 0.705 bits per heavy atom. The molecule has 88 heavy (non-hydrogen) atoms. The molecule has 0 fully saturated rings. The van der Waals surface area contributed by atoms with Gasteiger partial charge >= 0.3 is 29.9 Å². The number of aliphatic carboxylic acids is 3. The number of aliphatic hydroxyl groups is 1. The van der Waals surface area contributed by atoms with Crippen molar-refractivity contribution in [2.75, 3.05) is 19.6 Å². The van der Waals surface area contributed by atoms with Gasteiger partial charge in [-0.3, -0.25) is 33.6 Å². The van der Waals surface area contributed by atoms with Gasteiger partial charge in [0.1, 0.15) is 30.5 Å². The van der Waals surface area contributed by atoms with Gasteiger partial charge in [0.05, 0.1) is 54.7 Å². The zero-order chi connectivity index (χ0) is 63.7. The van der Waals surface area contributed by atoms with Crippen molar-refractivity contribution in [3.05, 3.63) is 97.6 Å². The monoisotopic (exact) mass is 1220 g/mol. The Hall–Kier alpha value is -8.81. The number of pyridine rings is 2. The number of halogens is 1. The van der Waals surface area contributed by atoms with E-state index in [1.54, 1.807) is 50.2 Å². The molecule has 474 valence electrons. The molecule has 4 heterocycles. The molecule has 0 bridgehead atoms. The molecule has 5 atom stereocenters. The van der Waals surface area contributed by atoms with Gasteiger partial charge in [0.15, 0.2) is 5.60 Å². The minimum absolute atomic E-state index is 0.0312. The molecule has 25 nitrogen and oxygen atoms in total. The first kappa shape index (κ1) is 66.7. The molecule has 4 aromatic rings. The normalized spacial score (nSPS) is 16.3. The van der Waals surface area contributed by atoms with Gasteiger partial charge in [0, 0.05) is 41.8 Å². The zero-order valence-electron chi connectivity index (χ0n) is 49.5. The number of aromatic nitrogens is 2. The predicted molar refractivity (Wildman–Crippen MR) is 316 cm³/mol. The number of rotatable bonds is 34. The summed E-state index contributed by atoms with van der Waals surface area (Å²) in [6.07, 6.45) is 10.9. The molecule has 7 amide bonds. The third kappa shape index (κ3) is 17.2. The van der Waals surface area contributed by atoms with Crippen LogP contribution in [0.15, 0.2) is 47.3 Å². The molecule has 11 N–H and O–H groups in total. The highest BCUT2D eigenvalue weighted by atomic mass is 19.1. The molecule has 0 saturated carbocycles. The number of amides is 7. The van der Waals surface area contributed by atoms with Crippen molar-refractivity contribution in [1.82, 2.24) is 46.8 Å². The third-order valence-corrected chi connectivity index (χ3v) is 16.5. The maximum atomic E-state index is 15.5. The lowest BCUT2D eigenvalue weighted by atomic mass is 9.81. The molecule has 1 aliphatic carbocycles. The number of carbonyl (C=O) groups is 10. The molecule has 1 unspecified atom stereocenters. The molecule has 0 saturated heterocycles. The average molecular weight is 1220 g/mol. The Labute approximate surface area is 506 Å². The summed E-state index contributed by atoms with van der Waals surface area (Å²) in [7, 11) is 0. The number of carboxylic acids is 3. The van der Waals surface area contributed by atoms with Gasteiger partial charge in [-0.2, -0.15) is 0 Å². The van der Waals surface area contributed by atoms with Crippen molar-refractivity contribution in [1.29, 1.82) is 0 Å². The van der Waals surface area contributed by atoms with E-state index < -0.39 is 114 Å². The van der Waals surface area contributed by atoms with Crippen LogP contribution < -0.4 is 42.8 Å². The van der Waals surface area contributed by atoms with Gasteiger partial charge in [0.2, 0.25) is 29.5 Å². The summed E-state index contributed by atoms with van der Waals surface area (Å²) in [5, 5.41) is 57.2. The van der Waals surface area contributed by atoms with Crippen LogP contribution in [0.5, 0.6) is 0 Å². The number of esters is 1. The van der Waals surface area contributed by atoms with E-state index in [9.17, 15) is 68.1 Å². The van der Waals surface area contributed by atoms with Gasteiger partial charge < -0.3 is 66.9 Å². The lowest BCUT2D eigenvalue weighted by molar-refractivity contribution is -0.172. The van der Waals surface area contributed by atoms with E-state index in [0.717, 1.165) is 64.2 Å². The van der Waals surface area contributed by atoms with Crippen molar-refractivity contribution in [2.24, 2.45) is 0 Å². The molecule has 2 aliphatic heterocycles. The van der Waals surface area contributed by atoms with Crippen LogP contribution in [0.4, 0.5) is 9.18 Å². The van der Waals surface area contributed by atoms with Crippen molar-refractivity contribution >= 4 is 70.3 Å². The van der Waals surface area contributed by atoms with E-state index in [-0.39, 0.29) is 68.8 Å². The van der Waals surface area contributed by atoms with Gasteiger partial charge in [-0.25, -0.2) is 28.6 Å². The van der Waals surface area contributed by atoms with Gasteiger partial charge in [-0.05, 0) is 73.8 Å². The van der Waals surface area contributed by atoms with Gasteiger partial charge in [-0.15, -0.1) is 0 Å². The van der Waals surface area contributed by atoms with Crippen molar-refractivity contribution in [2.45, 2.75) is 185 Å². The second-order valence-corrected chi connectivity index (χ2v) is 22.7. The average Bonchev–Trinajstić information content (AvgIpc) is 1.47. The standard InChI is InChI=1S/C62H78FN9O16/c1-3-62(87)40-28-47-55-38(33-72(47)57(80)39(40)34-88-60(62)85)54-42(24-23-37-35(2)41(63)29-45(69-55)53(37)54)67-51(76)32-66-56(79)46(27-36-19-15-14-16-20-36)68-50(75)31-65-49(74)30-64-48(73)22-18-13-11-9-7-5-4-6-8-10-12-17-21-43(58(81)82)70-61(86)71-44(59(83)84)25-26-52(77)78/h14-16,19-20,28-29,42-44,46,87H,3-13,17-18,21-27,30-34H2,1-2H3,(H,64,73)(H,65,74)(H,66,79)(H,67,76)(H,68,75)(H,77,78)(H,81,82)(H,83,84)(H2,70,71,86)/t42?,43-,44-,46+,62-/m0/s1. The highest BCUT2D eigenvalue weighted by molar-refractivity contribution is 5.96. The van der Waals surface area contributed by atoms with E-state index in [1.165, 1.54) is 10.6 Å². The number of hydrogen-bond donors (Lipinski definition) is 11. The SMILES string of the molecule is CC[C@@]1(O)C(=O)OCc2c1cc1n(c2=O)Cc2c-1nc1cc(F)c(C)c3c1c2C(NC(=O)CNC(=O)[C@@H](Cc1ccccc1)NC(=O)CNC(=O)CNC(=O)CCCCCCCCCCCCCC[C@H](NC(=O)N[C@@H](CCC(=O)O)C(=O)O)C(=O)O)CC3.